The lowest BCUT2D eigenvalue weighted by atomic mass is 9.85. The van der Waals surface area contributed by atoms with Crippen molar-refractivity contribution in [2.24, 2.45) is 5.92 Å². The standard InChI is InChI=1S/C24H20N4O4/c29-20-11-9-16(24(31)32)14-19(20)28-21(30)12-10-17(25-28)22-18-8-4-5-13-27(18)26-23(22)15-6-2-1-3-7-15/h1-8,10,12-13,16,19H,9,11,14H2,(H,31,32)/t16-,19-/m1/s1. The van der Waals surface area contributed by atoms with Gasteiger partial charge in [0.25, 0.3) is 5.56 Å². The minimum Gasteiger partial charge on any atom is -0.481 e. The first-order valence-corrected chi connectivity index (χ1v) is 10.4. The summed E-state index contributed by atoms with van der Waals surface area (Å²) in [6.45, 7) is 0. The van der Waals surface area contributed by atoms with Crippen molar-refractivity contribution in [2.45, 2.75) is 25.3 Å². The van der Waals surface area contributed by atoms with E-state index in [1.54, 1.807) is 10.6 Å². The van der Waals surface area contributed by atoms with Gasteiger partial charge in [0.15, 0.2) is 5.78 Å². The van der Waals surface area contributed by atoms with E-state index in [9.17, 15) is 19.5 Å². The Hall–Kier alpha value is -4.07. The lowest BCUT2D eigenvalue weighted by molar-refractivity contribution is -0.144. The monoisotopic (exact) mass is 428 g/mol. The quantitative estimate of drug-likeness (QED) is 0.535. The van der Waals surface area contributed by atoms with E-state index in [0.29, 0.717) is 11.4 Å². The van der Waals surface area contributed by atoms with Gasteiger partial charge in [-0.25, -0.2) is 9.20 Å². The fraction of sp³-hybridized carbons (Fsp3) is 0.208. The summed E-state index contributed by atoms with van der Waals surface area (Å²) in [5, 5.41) is 18.7. The van der Waals surface area contributed by atoms with Crippen LogP contribution in [0.5, 0.6) is 0 Å². The van der Waals surface area contributed by atoms with Crippen molar-refractivity contribution >= 4 is 17.3 Å². The molecule has 1 saturated carbocycles. The highest BCUT2D eigenvalue weighted by Gasteiger charge is 2.35. The van der Waals surface area contributed by atoms with Crippen molar-refractivity contribution in [3.05, 3.63) is 77.2 Å². The zero-order valence-corrected chi connectivity index (χ0v) is 17.1. The van der Waals surface area contributed by atoms with Crippen LogP contribution in [0.3, 0.4) is 0 Å². The number of carbonyl (C=O) groups excluding carboxylic acids is 1. The fourth-order valence-corrected chi connectivity index (χ4v) is 4.29. The first-order valence-electron chi connectivity index (χ1n) is 10.4. The van der Waals surface area contributed by atoms with E-state index in [1.165, 1.54) is 6.07 Å². The number of hydrogen-bond acceptors (Lipinski definition) is 5. The normalized spacial score (nSPS) is 18.7. The number of pyridine rings is 1. The van der Waals surface area contributed by atoms with Crippen molar-refractivity contribution in [1.82, 2.24) is 19.4 Å². The highest BCUT2D eigenvalue weighted by Crippen LogP contribution is 2.34. The van der Waals surface area contributed by atoms with Gasteiger partial charge in [0.1, 0.15) is 11.7 Å². The van der Waals surface area contributed by atoms with Gasteiger partial charge in [0.05, 0.1) is 22.7 Å². The van der Waals surface area contributed by atoms with Gasteiger partial charge in [-0.2, -0.15) is 10.2 Å². The Bertz CT molecular complexity index is 1390. The van der Waals surface area contributed by atoms with Crippen LogP contribution in [0.1, 0.15) is 25.3 Å². The molecule has 160 valence electrons. The van der Waals surface area contributed by atoms with Crippen LogP contribution in [0.15, 0.2) is 71.7 Å². The smallest absolute Gasteiger partial charge is 0.306 e. The number of carboxylic acids is 1. The van der Waals surface area contributed by atoms with Gasteiger partial charge in [-0.3, -0.25) is 14.4 Å². The molecule has 8 heteroatoms. The third kappa shape index (κ3) is 3.39. The molecule has 1 aliphatic carbocycles. The molecule has 0 amide bonds. The predicted octanol–water partition coefficient (Wildman–Crippen LogP) is 3.22. The second-order valence-electron chi connectivity index (χ2n) is 7.91. The van der Waals surface area contributed by atoms with Gasteiger partial charge in [-0.1, -0.05) is 36.4 Å². The first-order chi connectivity index (χ1) is 15.5. The van der Waals surface area contributed by atoms with Crippen LogP contribution in [0, 0.1) is 5.92 Å². The summed E-state index contributed by atoms with van der Waals surface area (Å²) in [6.07, 6.45) is 2.30. The zero-order chi connectivity index (χ0) is 22.2. The van der Waals surface area contributed by atoms with E-state index < -0.39 is 23.5 Å². The molecule has 4 aromatic rings. The Labute approximate surface area is 182 Å². The zero-order valence-electron chi connectivity index (χ0n) is 17.1. The van der Waals surface area contributed by atoms with Crippen molar-refractivity contribution in [3.63, 3.8) is 0 Å². The first kappa shape index (κ1) is 19.9. The van der Waals surface area contributed by atoms with Gasteiger partial charge in [0.2, 0.25) is 0 Å². The Morgan fingerprint density at radius 3 is 2.53 bits per heavy atom. The Morgan fingerprint density at radius 2 is 1.75 bits per heavy atom. The number of benzene rings is 1. The topological polar surface area (TPSA) is 107 Å². The van der Waals surface area contributed by atoms with Crippen LogP contribution in [-0.2, 0) is 9.59 Å². The minimum atomic E-state index is -0.958. The number of carbonyl (C=O) groups is 2. The molecule has 3 aromatic heterocycles. The SMILES string of the molecule is O=C(O)[C@@H]1CCC(=O)[C@H](n2nc(-c3c(-c4ccccc4)nn4ccccc34)ccc2=O)C1. The van der Waals surface area contributed by atoms with Gasteiger partial charge < -0.3 is 5.11 Å². The second-order valence-corrected chi connectivity index (χ2v) is 7.91. The molecule has 3 heterocycles. The Morgan fingerprint density at radius 1 is 0.969 bits per heavy atom. The van der Waals surface area contributed by atoms with E-state index in [2.05, 4.69) is 5.10 Å². The Balaban J connectivity index is 1.68. The number of nitrogens with zero attached hydrogens (tertiary/aromatic N) is 4. The van der Waals surface area contributed by atoms with E-state index in [0.717, 1.165) is 21.3 Å². The molecule has 1 aliphatic rings. The van der Waals surface area contributed by atoms with E-state index >= 15 is 0 Å². The third-order valence-electron chi connectivity index (χ3n) is 5.93. The van der Waals surface area contributed by atoms with Crippen LogP contribution >= 0.6 is 0 Å². The fourth-order valence-electron chi connectivity index (χ4n) is 4.29. The number of carboxylic acid groups (broad SMARTS) is 1. The summed E-state index contributed by atoms with van der Waals surface area (Å²) in [7, 11) is 0. The van der Waals surface area contributed by atoms with E-state index in [-0.39, 0.29) is 25.0 Å². The minimum absolute atomic E-state index is 0.0603. The van der Waals surface area contributed by atoms with Crippen molar-refractivity contribution < 1.29 is 14.7 Å². The van der Waals surface area contributed by atoms with Crippen molar-refractivity contribution in [3.8, 4) is 22.5 Å². The van der Waals surface area contributed by atoms with Gasteiger partial charge in [0, 0.05) is 24.2 Å². The van der Waals surface area contributed by atoms with Crippen LogP contribution in [0.4, 0.5) is 0 Å². The molecule has 0 unspecified atom stereocenters. The number of ketones is 1. The maximum atomic E-state index is 12.7. The molecule has 8 nitrogen and oxygen atoms in total. The van der Waals surface area contributed by atoms with Crippen LogP contribution < -0.4 is 5.56 Å². The second kappa shape index (κ2) is 7.88. The summed E-state index contributed by atoms with van der Waals surface area (Å²) in [5.74, 6) is -1.80. The maximum absolute atomic E-state index is 12.7. The number of aromatic nitrogens is 4. The average Bonchev–Trinajstić information content (AvgIpc) is 3.20. The number of Topliss-reactive ketones (excluding diaryl/α,β-unsaturated/α-hetero) is 1. The van der Waals surface area contributed by atoms with Gasteiger partial charge in [-0.15, -0.1) is 0 Å². The Kier molecular flexibility index (Phi) is 4.89. The molecule has 0 spiro atoms. The summed E-state index contributed by atoms with van der Waals surface area (Å²) < 4.78 is 2.90. The lowest BCUT2D eigenvalue weighted by Crippen LogP contribution is -2.37. The molecule has 0 aliphatic heterocycles. The molecular formula is C24H20N4O4. The summed E-state index contributed by atoms with van der Waals surface area (Å²) in [6, 6.07) is 17.5. The van der Waals surface area contributed by atoms with Gasteiger partial charge in [-0.05, 0) is 31.0 Å². The van der Waals surface area contributed by atoms with Crippen molar-refractivity contribution in [2.75, 3.05) is 0 Å². The lowest BCUT2D eigenvalue weighted by Gasteiger charge is -2.26. The summed E-state index contributed by atoms with van der Waals surface area (Å²) in [5.41, 5.74) is 3.20. The third-order valence-corrected chi connectivity index (χ3v) is 5.93. The highest BCUT2D eigenvalue weighted by molar-refractivity contribution is 5.91. The number of hydrogen-bond donors (Lipinski definition) is 1. The van der Waals surface area contributed by atoms with Crippen LogP contribution in [0.2, 0.25) is 0 Å². The molecule has 1 aromatic carbocycles. The molecule has 2 atom stereocenters. The van der Waals surface area contributed by atoms with E-state index in [4.69, 9.17) is 5.10 Å². The van der Waals surface area contributed by atoms with Gasteiger partial charge >= 0.3 is 5.97 Å². The largest absolute Gasteiger partial charge is 0.481 e. The van der Waals surface area contributed by atoms with Crippen molar-refractivity contribution in [1.29, 1.82) is 0 Å². The predicted molar refractivity (Wildman–Crippen MR) is 117 cm³/mol. The number of fused-ring (bicyclic) bond motifs is 1. The summed E-state index contributed by atoms with van der Waals surface area (Å²) in [4.78, 5) is 36.8. The maximum Gasteiger partial charge on any atom is 0.306 e. The molecule has 0 bridgehead atoms. The average molecular weight is 428 g/mol. The molecule has 32 heavy (non-hydrogen) atoms. The van der Waals surface area contributed by atoms with Crippen LogP contribution in [-0.4, -0.2) is 36.3 Å². The molecule has 1 fully saturated rings. The molecule has 0 saturated heterocycles. The molecular weight excluding hydrogens is 408 g/mol. The van der Waals surface area contributed by atoms with Crippen LogP contribution in [0.25, 0.3) is 28.0 Å². The van der Waals surface area contributed by atoms with E-state index in [1.807, 2.05) is 54.7 Å². The molecule has 1 N–H and O–H groups in total. The number of rotatable bonds is 4. The molecule has 0 radical (unpaired) electrons. The highest BCUT2D eigenvalue weighted by atomic mass is 16.4. The summed E-state index contributed by atoms with van der Waals surface area (Å²) >= 11 is 0. The number of aliphatic carboxylic acids is 1. The molecule has 5 rings (SSSR count).